The average Bonchev–Trinajstić information content (AvgIpc) is 2.62. The quantitative estimate of drug-likeness (QED) is 0.835. The second-order valence-electron chi connectivity index (χ2n) is 6.29. The molecule has 4 nitrogen and oxygen atoms in total. The van der Waals surface area contributed by atoms with E-state index >= 15 is 0 Å². The molecule has 2 aromatic rings. The molecule has 1 fully saturated rings. The van der Waals surface area contributed by atoms with Crippen molar-refractivity contribution in [2.75, 3.05) is 0 Å². The fraction of sp³-hybridized carbons (Fsp3) is 0.350. The lowest BCUT2D eigenvalue weighted by atomic mass is 9.86. The molecule has 0 bridgehead atoms. The molecule has 126 valence electrons. The van der Waals surface area contributed by atoms with Gasteiger partial charge in [0.1, 0.15) is 11.5 Å². The van der Waals surface area contributed by atoms with Gasteiger partial charge in [-0.25, -0.2) is 0 Å². The fourth-order valence-corrected chi connectivity index (χ4v) is 3.16. The van der Waals surface area contributed by atoms with Crippen LogP contribution < -0.4 is 10.1 Å². The third kappa shape index (κ3) is 4.36. The molecule has 0 spiro atoms. The van der Waals surface area contributed by atoms with E-state index in [0.717, 1.165) is 49.3 Å². The number of nitrogens with one attached hydrogen (secondary N) is 1. The standard InChI is InChI=1S/C20H23NO3/c22-20(23)15-10-12-17(13-11-15)21-14-16-6-4-5-9-19(16)24-18-7-2-1-3-8-18/h1-9,15,17,21H,10-14H2,(H,22,23). The van der Waals surface area contributed by atoms with Gasteiger partial charge in [-0.15, -0.1) is 0 Å². The second-order valence-corrected chi connectivity index (χ2v) is 6.29. The van der Waals surface area contributed by atoms with Crippen LogP contribution in [-0.2, 0) is 11.3 Å². The lowest BCUT2D eigenvalue weighted by Gasteiger charge is -2.27. The largest absolute Gasteiger partial charge is 0.481 e. The highest BCUT2D eigenvalue weighted by Gasteiger charge is 2.25. The van der Waals surface area contributed by atoms with Crippen LogP contribution in [-0.4, -0.2) is 17.1 Å². The lowest BCUT2D eigenvalue weighted by molar-refractivity contribution is -0.142. The van der Waals surface area contributed by atoms with Gasteiger partial charge in [-0.3, -0.25) is 4.79 Å². The van der Waals surface area contributed by atoms with Crippen LogP contribution in [0, 0.1) is 5.92 Å². The number of carboxylic acids is 1. The molecule has 0 aliphatic heterocycles. The first-order chi connectivity index (χ1) is 11.7. The monoisotopic (exact) mass is 325 g/mol. The van der Waals surface area contributed by atoms with Crippen molar-refractivity contribution < 1.29 is 14.6 Å². The highest BCUT2D eigenvalue weighted by Crippen LogP contribution is 2.27. The van der Waals surface area contributed by atoms with Crippen LogP contribution in [0.4, 0.5) is 0 Å². The highest BCUT2D eigenvalue weighted by atomic mass is 16.5. The van der Waals surface area contributed by atoms with Gasteiger partial charge >= 0.3 is 5.97 Å². The SMILES string of the molecule is O=C(O)C1CCC(NCc2ccccc2Oc2ccccc2)CC1. The molecule has 1 aliphatic rings. The summed E-state index contributed by atoms with van der Waals surface area (Å²) in [5, 5.41) is 12.6. The zero-order valence-corrected chi connectivity index (χ0v) is 13.7. The zero-order valence-electron chi connectivity index (χ0n) is 13.7. The number of rotatable bonds is 6. The Morgan fingerprint density at radius 3 is 2.38 bits per heavy atom. The maximum absolute atomic E-state index is 11.0. The van der Waals surface area contributed by atoms with Crippen molar-refractivity contribution in [3.63, 3.8) is 0 Å². The molecule has 1 aliphatic carbocycles. The molecule has 2 aromatic carbocycles. The Kier molecular flexibility index (Phi) is 5.49. The van der Waals surface area contributed by atoms with Crippen molar-refractivity contribution in [2.24, 2.45) is 5.92 Å². The topological polar surface area (TPSA) is 58.6 Å². The Labute approximate surface area is 142 Å². The molecule has 0 aromatic heterocycles. The number of carboxylic acid groups (broad SMARTS) is 1. The summed E-state index contributed by atoms with van der Waals surface area (Å²) >= 11 is 0. The second kappa shape index (κ2) is 7.97. The Morgan fingerprint density at radius 1 is 1.00 bits per heavy atom. The van der Waals surface area contributed by atoms with Gasteiger partial charge in [0.15, 0.2) is 0 Å². The zero-order chi connectivity index (χ0) is 16.8. The third-order valence-corrected chi connectivity index (χ3v) is 4.60. The van der Waals surface area contributed by atoms with Crippen molar-refractivity contribution in [1.82, 2.24) is 5.32 Å². The normalized spacial score (nSPS) is 20.5. The number of hydrogen-bond acceptors (Lipinski definition) is 3. The van der Waals surface area contributed by atoms with E-state index in [1.165, 1.54) is 0 Å². The summed E-state index contributed by atoms with van der Waals surface area (Å²) in [6, 6.07) is 18.2. The van der Waals surface area contributed by atoms with E-state index in [1.807, 2.05) is 48.5 Å². The van der Waals surface area contributed by atoms with Crippen molar-refractivity contribution in [1.29, 1.82) is 0 Å². The van der Waals surface area contributed by atoms with E-state index in [1.54, 1.807) is 0 Å². The molecule has 1 saturated carbocycles. The van der Waals surface area contributed by atoms with Gasteiger partial charge in [0.25, 0.3) is 0 Å². The van der Waals surface area contributed by atoms with Crippen molar-refractivity contribution >= 4 is 5.97 Å². The molecular weight excluding hydrogens is 302 g/mol. The maximum atomic E-state index is 11.0. The average molecular weight is 325 g/mol. The summed E-state index contributed by atoms with van der Waals surface area (Å²) in [6.45, 7) is 0.728. The van der Waals surface area contributed by atoms with Gasteiger partial charge in [-0.2, -0.15) is 0 Å². The molecule has 0 saturated heterocycles. The minimum Gasteiger partial charge on any atom is -0.481 e. The summed E-state index contributed by atoms with van der Waals surface area (Å²) in [7, 11) is 0. The van der Waals surface area contributed by atoms with Gasteiger partial charge < -0.3 is 15.2 Å². The van der Waals surface area contributed by atoms with Gasteiger partial charge in [0.05, 0.1) is 5.92 Å². The van der Waals surface area contributed by atoms with Gasteiger partial charge in [-0.05, 0) is 43.9 Å². The molecule has 0 heterocycles. The molecule has 3 rings (SSSR count). The Hall–Kier alpha value is -2.33. The number of benzene rings is 2. The van der Waals surface area contributed by atoms with Crippen molar-refractivity contribution in [2.45, 2.75) is 38.3 Å². The summed E-state index contributed by atoms with van der Waals surface area (Å²) in [6.07, 6.45) is 3.35. The highest BCUT2D eigenvalue weighted by molar-refractivity contribution is 5.70. The molecule has 0 unspecified atom stereocenters. The van der Waals surface area contributed by atoms with Crippen molar-refractivity contribution in [3.8, 4) is 11.5 Å². The van der Waals surface area contributed by atoms with Crippen molar-refractivity contribution in [3.05, 3.63) is 60.2 Å². The predicted molar refractivity (Wildman–Crippen MR) is 93.2 cm³/mol. The minimum absolute atomic E-state index is 0.170. The van der Waals surface area contributed by atoms with E-state index in [4.69, 9.17) is 9.84 Å². The molecular formula is C20H23NO3. The lowest BCUT2D eigenvalue weighted by Crippen LogP contribution is -2.34. The molecule has 24 heavy (non-hydrogen) atoms. The fourth-order valence-electron chi connectivity index (χ4n) is 3.16. The van der Waals surface area contributed by atoms with E-state index in [2.05, 4.69) is 11.4 Å². The Bertz CT molecular complexity index is 664. The van der Waals surface area contributed by atoms with Crippen LogP contribution in [0.15, 0.2) is 54.6 Å². The maximum Gasteiger partial charge on any atom is 0.306 e. The summed E-state index contributed by atoms with van der Waals surface area (Å²) in [5.41, 5.74) is 1.11. The summed E-state index contributed by atoms with van der Waals surface area (Å²) < 4.78 is 5.98. The first-order valence-corrected chi connectivity index (χ1v) is 8.49. The van der Waals surface area contributed by atoms with E-state index in [-0.39, 0.29) is 5.92 Å². The van der Waals surface area contributed by atoms with Crippen LogP contribution in [0.2, 0.25) is 0 Å². The molecule has 2 N–H and O–H groups in total. The number of hydrogen-bond donors (Lipinski definition) is 2. The van der Waals surface area contributed by atoms with E-state index < -0.39 is 5.97 Å². The van der Waals surface area contributed by atoms with Gasteiger partial charge in [0.2, 0.25) is 0 Å². The smallest absolute Gasteiger partial charge is 0.306 e. The van der Waals surface area contributed by atoms with Crippen LogP contribution in [0.25, 0.3) is 0 Å². The Balaban J connectivity index is 1.57. The number of aliphatic carboxylic acids is 1. The van der Waals surface area contributed by atoms with Crippen LogP contribution in [0.5, 0.6) is 11.5 Å². The number of ether oxygens (including phenoxy) is 1. The number of para-hydroxylation sites is 2. The van der Waals surface area contributed by atoms with Gasteiger partial charge in [0, 0.05) is 18.2 Å². The number of carbonyl (C=O) groups is 1. The molecule has 0 radical (unpaired) electrons. The molecule has 0 amide bonds. The minimum atomic E-state index is -0.657. The first kappa shape index (κ1) is 16.5. The Morgan fingerprint density at radius 2 is 1.67 bits per heavy atom. The first-order valence-electron chi connectivity index (χ1n) is 8.49. The summed E-state index contributed by atoms with van der Waals surface area (Å²) in [5.74, 6) is 0.856. The van der Waals surface area contributed by atoms with Crippen LogP contribution in [0.1, 0.15) is 31.2 Å². The van der Waals surface area contributed by atoms with Crippen LogP contribution >= 0.6 is 0 Å². The van der Waals surface area contributed by atoms with Gasteiger partial charge in [-0.1, -0.05) is 36.4 Å². The predicted octanol–water partition coefficient (Wildman–Crippen LogP) is 4.21. The third-order valence-electron chi connectivity index (χ3n) is 4.60. The molecule has 4 heteroatoms. The van der Waals surface area contributed by atoms with E-state index in [9.17, 15) is 4.79 Å². The summed E-state index contributed by atoms with van der Waals surface area (Å²) in [4.78, 5) is 11.0. The van der Waals surface area contributed by atoms with Crippen LogP contribution in [0.3, 0.4) is 0 Å². The molecule has 0 atom stereocenters. The van der Waals surface area contributed by atoms with E-state index in [0.29, 0.717) is 6.04 Å².